The number of nitrogens with two attached hydrogens (primary N) is 1. The van der Waals surface area contributed by atoms with Crippen LogP contribution in [0.3, 0.4) is 0 Å². The maximum absolute atomic E-state index is 13.9. The van der Waals surface area contributed by atoms with Crippen LogP contribution in [-0.4, -0.2) is 12.1 Å². The fourth-order valence-corrected chi connectivity index (χ4v) is 1.83. The molecule has 0 bridgehead atoms. The number of alkyl halides is 3. The zero-order valence-corrected chi connectivity index (χ0v) is 11.0. The van der Waals surface area contributed by atoms with Crippen LogP contribution >= 0.6 is 0 Å². The maximum atomic E-state index is 13.9. The molecule has 0 unspecified atom stereocenters. The van der Waals surface area contributed by atoms with Gasteiger partial charge in [-0.3, -0.25) is 0 Å². The third-order valence-corrected chi connectivity index (χ3v) is 2.94. The van der Waals surface area contributed by atoms with Gasteiger partial charge in [-0.2, -0.15) is 13.2 Å². The summed E-state index contributed by atoms with van der Waals surface area (Å²) in [7, 11) is 1.41. The van der Waals surface area contributed by atoms with E-state index < -0.39 is 23.6 Å². The molecule has 1 aromatic carbocycles. The lowest BCUT2D eigenvalue weighted by Crippen LogP contribution is -2.16. The van der Waals surface area contributed by atoms with E-state index >= 15 is 0 Å². The van der Waals surface area contributed by atoms with E-state index in [4.69, 9.17) is 10.5 Å². The maximum Gasteiger partial charge on any atom is 0.416 e. The molecule has 0 saturated heterocycles. The lowest BCUT2D eigenvalue weighted by atomic mass is 10.0. The van der Waals surface area contributed by atoms with Gasteiger partial charge in [-0.05, 0) is 18.2 Å². The molecule has 0 aliphatic heterocycles. The van der Waals surface area contributed by atoms with Crippen LogP contribution in [0.1, 0.15) is 22.9 Å². The molecule has 3 nitrogen and oxygen atoms in total. The third kappa shape index (κ3) is 3.30. The molecule has 1 atom stereocenters. The van der Waals surface area contributed by atoms with Gasteiger partial charge in [0, 0.05) is 11.6 Å². The van der Waals surface area contributed by atoms with E-state index in [9.17, 15) is 17.6 Å². The first kappa shape index (κ1) is 15.2. The van der Waals surface area contributed by atoms with Gasteiger partial charge >= 0.3 is 6.18 Å². The predicted molar refractivity (Wildman–Crippen MR) is 68.2 cm³/mol. The van der Waals surface area contributed by atoms with Gasteiger partial charge in [0.25, 0.3) is 0 Å². The zero-order valence-electron chi connectivity index (χ0n) is 11.0. The molecule has 2 N–H and O–H groups in total. The van der Waals surface area contributed by atoms with E-state index in [1.54, 1.807) is 18.2 Å². The normalized spacial score (nSPS) is 13.0. The van der Waals surface area contributed by atoms with Gasteiger partial charge in [0.15, 0.2) is 0 Å². The Morgan fingerprint density at radius 2 is 1.90 bits per heavy atom. The van der Waals surface area contributed by atoms with E-state index in [1.165, 1.54) is 7.11 Å². The van der Waals surface area contributed by atoms with Gasteiger partial charge < -0.3 is 10.5 Å². The molecular weight excluding hydrogens is 288 g/mol. The minimum Gasteiger partial charge on any atom is -0.481 e. The Morgan fingerprint density at radius 1 is 1.19 bits per heavy atom. The second-order valence-electron chi connectivity index (χ2n) is 4.32. The average molecular weight is 300 g/mol. The minimum atomic E-state index is -4.60. The van der Waals surface area contributed by atoms with E-state index in [0.717, 1.165) is 12.1 Å². The van der Waals surface area contributed by atoms with Gasteiger partial charge in [-0.15, -0.1) is 0 Å². The van der Waals surface area contributed by atoms with Crippen LogP contribution in [0.4, 0.5) is 17.6 Å². The number of aromatic nitrogens is 1. The smallest absolute Gasteiger partial charge is 0.416 e. The summed E-state index contributed by atoms with van der Waals surface area (Å²) in [6, 6.07) is 5.99. The molecule has 0 aliphatic carbocycles. The first-order valence-corrected chi connectivity index (χ1v) is 5.96. The standard InChI is InChI=1S/C14H12F4N2O/c1-21-12-4-2-3-11(20-12)13(19)9-6-5-8(7-10(9)15)14(16,17)18/h2-7,13H,19H2,1H3/t13-/m0/s1. The predicted octanol–water partition coefficient (Wildman–Crippen LogP) is 3.30. The first-order valence-electron chi connectivity index (χ1n) is 5.96. The van der Waals surface area contributed by atoms with Crippen molar-refractivity contribution in [3.63, 3.8) is 0 Å². The molecule has 112 valence electrons. The average Bonchev–Trinajstić information content (AvgIpc) is 2.45. The summed E-state index contributed by atoms with van der Waals surface area (Å²) >= 11 is 0. The Bertz CT molecular complexity index is 643. The number of methoxy groups -OCH3 is 1. The molecule has 0 amide bonds. The van der Waals surface area contributed by atoms with Crippen molar-refractivity contribution < 1.29 is 22.3 Å². The van der Waals surface area contributed by atoms with Gasteiger partial charge in [0.1, 0.15) is 5.82 Å². The number of ether oxygens (including phenoxy) is 1. The largest absolute Gasteiger partial charge is 0.481 e. The molecule has 0 fully saturated rings. The summed E-state index contributed by atoms with van der Waals surface area (Å²) in [5.41, 5.74) is 5.03. The zero-order chi connectivity index (χ0) is 15.6. The van der Waals surface area contributed by atoms with Crippen LogP contribution in [0.5, 0.6) is 5.88 Å². The summed E-state index contributed by atoms with van der Waals surface area (Å²) in [5, 5.41) is 0. The molecule has 0 spiro atoms. The summed E-state index contributed by atoms with van der Waals surface area (Å²) in [6.07, 6.45) is -4.60. The Morgan fingerprint density at radius 3 is 2.48 bits per heavy atom. The summed E-state index contributed by atoms with van der Waals surface area (Å²) in [5.74, 6) is -0.739. The molecule has 0 aliphatic rings. The van der Waals surface area contributed by atoms with Crippen molar-refractivity contribution in [2.75, 3.05) is 7.11 Å². The number of nitrogens with zero attached hydrogens (tertiary/aromatic N) is 1. The lowest BCUT2D eigenvalue weighted by Gasteiger charge is -2.15. The number of halogens is 4. The molecule has 0 saturated carbocycles. The molecule has 1 heterocycles. The number of hydrogen-bond acceptors (Lipinski definition) is 3. The number of benzene rings is 1. The Hall–Kier alpha value is -2.15. The van der Waals surface area contributed by atoms with Crippen molar-refractivity contribution >= 4 is 0 Å². The van der Waals surface area contributed by atoms with Gasteiger partial charge in [0.2, 0.25) is 5.88 Å². The number of hydrogen-bond donors (Lipinski definition) is 1. The molecular formula is C14H12F4N2O. The Kier molecular flexibility index (Phi) is 4.13. The lowest BCUT2D eigenvalue weighted by molar-refractivity contribution is -0.137. The fourth-order valence-electron chi connectivity index (χ4n) is 1.83. The van der Waals surface area contributed by atoms with Crippen LogP contribution in [0.2, 0.25) is 0 Å². The van der Waals surface area contributed by atoms with Gasteiger partial charge in [0.05, 0.1) is 24.4 Å². The monoisotopic (exact) mass is 300 g/mol. The van der Waals surface area contributed by atoms with Crippen LogP contribution in [0.25, 0.3) is 0 Å². The van der Waals surface area contributed by atoms with E-state index in [2.05, 4.69) is 4.98 Å². The van der Waals surface area contributed by atoms with Gasteiger partial charge in [-0.1, -0.05) is 12.1 Å². The minimum absolute atomic E-state index is 0.0660. The van der Waals surface area contributed by atoms with Crippen molar-refractivity contribution in [3.8, 4) is 5.88 Å². The fraction of sp³-hybridized carbons (Fsp3) is 0.214. The quantitative estimate of drug-likeness (QED) is 0.885. The van der Waals surface area contributed by atoms with Crippen molar-refractivity contribution in [2.45, 2.75) is 12.2 Å². The van der Waals surface area contributed by atoms with Gasteiger partial charge in [-0.25, -0.2) is 9.37 Å². The van der Waals surface area contributed by atoms with Crippen molar-refractivity contribution in [3.05, 3.63) is 59.0 Å². The Balaban J connectivity index is 2.37. The highest BCUT2D eigenvalue weighted by atomic mass is 19.4. The van der Waals surface area contributed by atoms with Crippen LogP contribution < -0.4 is 10.5 Å². The Labute approximate surface area is 118 Å². The van der Waals surface area contributed by atoms with E-state index in [1.807, 2.05) is 0 Å². The van der Waals surface area contributed by atoms with Crippen molar-refractivity contribution in [1.82, 2.24) is 4.98 Å². The molecule has 7 heteroatoms. The summed E-state index contributed by atoms with van der Waals surface area (Å²) < 4.78 is 56.3. The van der Waals surface area contributed by atoms with Crippen molar-refractivity contribution in [2.24, 2.45) is 5.73 Å². The highest BCUT2D eigenvalue weighted by Crippen LogP contribution is 2.32. The highest BCUT2D eigenvalue weighted by Gasteiger charge is 2.31. The first-order chi connectivity index (χ1) is 9.82. The molecule has 21 heavy (non-hydrogen) atoms. The van der Waals surface area contributed by atoms with Crippen LogP contribution in [0, 0.1) is 5.82 Å². The number of pyridine rings is 1. The summed E-state index contributed by atoms with van der Waals surface area (Å²) in [6.45, 7) is 0. The summed E-state index contributed by atoms with van der Waals surface area (Å²) in [4.78, 5) is 4.04. The highest BCUT2D eigenvalue weighted by molar-refractivity contribution is 5.33. The van der Waals surface area contributed by atoms with Crippen LogP contribution in [-0.2, 0) is 6.18 Å². The third-order valence-electron chi connectivity index (χ3n) is 2.94. The SMILES string of the molecule is COc1cccc([C@@H](N)c2ccc(C(F)(F)F)cc2F)n1. The van der Waals surface area contributed by atoms with Crippen molar-refractivity contribution in [1.29, 1.82) is 0 Å². The topological polar surface area (TPSA) is 48.1 Å². The number of rotatable bonds is 3. The molecule has 0 radical (unpaired) electrons. The van der Waals surface area contributed by atoms with E-state index in [-0.39, 0.29) is 11.4 Å². The van der Waals surface area contributed by atoms with E-state index in [0.29, 0.717) is 11.8 Å². The molecule has 1 aromatic heterocycles. The molecule has 2 rings (SSSR count). The molecule has 2 aromatic rings. The second-order valence-corrected chi connectivity index (χ2v) is 4.32. The second kappa shape index (κ2) is 5.69. The van der Waals surface area contributed by atoms with Crippen LogP contribution in [0.15, 0.2) is 36.4 Å².